The van der Waals surface area contributed by atoms with Crippen LogP contribution in [0.4, 0.5) is 0 Å². The predicted molar refractivity (Wildman–Crippen MR) is 235 cm³/mol. The predicted octanol–water partition coefficient (Wildman–Crippen LogP) is 1.85. The molecule has 0 spiro atoms. The number of rotatable bonds is 2. The summed E-state index contributed by atoms with van der Waals surface area (Å²) in [4.78, 5) is 0. The van der Waals surface area contributed by atoms with Gasteiger partial charge in [-0.2, -0.15) is 0 Å². The Hall–Kier alpha value is -0.879. The molecular weight excluding hydrogens is 1390 g/mol. The molecule has 0 unspecified atom stereocenters. The van der Waals surface area contributed by atoms with Crippen molar-refractivity contribution in [1.29, 1.82) is 0 Å². The molecule has 7 aromatic rings. The molecule has 7 nitrogen and oxygen atoms in total. The number of hydrogen-bond acceptors (Lipinski definition) is 1. The molecule has 3 heterocycles. The number of imidazole rings is 3. The molecule has 62 heavy (non-hydrogen) atoms. The maximum absolute atomic E-state index is 4.83. The molecule has 356 valence electrons. The summed E-state index contributed by atoms with van der Waals surface area (Å²) in [7, 11) is 0. The molecule has 0 amide bonds. The van der Waals surface area contributed by atoms with Crippen molar-refractivity contribution in [3.63, 3.8) is 0 Å². The molecule has 0 atom stereocenters. The number of benzene rings is 4. The second-order valence-electron chi connectivity index (χ2n) is 21.8. The number of hydrogen-bond donors (Lipinski definition) is 0. The van der Waals surface area contributed by atoms with Gasteiger partial charge in [0.25, 0.3) is 0 Å². The second-order valence-corrected chi connectivity index (χ2v) is 21.8. The van der Waals surface area contributed by atoms with Gasteiger partial charge in [-0.05, 0) is 171 Å². The Bertz CT molecular complexity index is 2170. The van der Waals surface area contributed by atoms with E-state index in [1.165, 1.54) is 65.4 Å². The van der Waals surface area contributed by atoms with Crippen molar-refractivity contribution in [2.75, 3.05) is 13.2 Å². The van der Waals surface area contributed by atoms with Crippen LogP contribution in [0.2, 0.25) is 0 Å². The molecular formula is C49H70Au3Cl3N6O. The van der Waals surface area contributed by atoms with E-state index < -0.39 is 0 Å². The van der Waals surface area contributed by atoms with E-state index in [2.05, 4.69) is 207 Å². The molecule has 0 fully saturated rings. The first-order chi connectivity index (χ1) is 25.5. The zero-order chi connectivity index (χ0) is 41.9. The van der Waals surface area contributed by atoms with Crippen molar-refractivity contribution in [1.82, 2.24) is 13.7 Å². The average Bonchev–Trinajstić information content (AvgIpc) is 3.74. The summed E-state index contributed by atoms with van der Waals surface area (Å²) in [6, 6.07) is 14.7. The third-order valence-electron chi connectivity index (χ3n) is 10.7. The van der Waals surface area contributed by atoms with Crippen molar-refractivity contribution in [3.05, 3.63) is 55.4 Å². The Kier molecular flexibility index (Phi) is 20.3. The van der Waals surface area contributed by atoms with E-state index >= 15 is 0 Å². The van der Waals surface area contributed by atoms with Crippen molar-refractivity contribution in [2.24, 2.45) is 0 Å². The van der Waals surface area contributed by atoms with Crippen LogP contribution in [-0.4, -0.2) is 26.9 Å². The third kappa shape index (κ3) is 11.3. The van der Waals surface area contributed by atoms with Gasteiger partial charge in [-0.25, -0.2) is 0 Å². The summed E-state index contributed by atoms with van der Waals surface area (Å²) < 4.78 is 18.9. The van der Waals surface area contributed by atoms with Crippen molar-refractivity contribution >= 4 is 65.4 Å². The minimum atomic E-state index is -0.146. The smallest absolute Gasteiger partial charge is 1.00 e. The molecule has 0 aliphatic carbocycles. The Morgan fingerprint density at radius 3 is 0.726 bits per heavy atom. The number of nitrogens with zero attached hydrogens (tertiary/aromatic N) is 6. The number of fused-ring (bicyclic) bond motifs is 9. The van der Waals surface area contributed by atoms with E-state index in [0.29, 0.717) is 0 Å². The molecule has 0 bridgehead atoms. The molecule has 0 N–H and O–H groups in total. The summed E-state index contributed by atoms with van der Waals surface area (Å²) in [5.74, 6) is 0. The maximum atomic E-state index is 4.83. The van der Waals surface area contributed by atoms with Gasteiger partial charge in [0.05, 0.1) is 33.2 Å². The van der Waals surface area contributed by atoms with Crippen LogP contribution in [-0.2, 0) is 105 Å². The van der Waals surface area contributed by atoms with Gasteiger partial charge < -0.3 is 69.4 Å². The van der Waals surface area contributed by atoms with Crippen LogP contribution < -0.4 is 50.9 Å². The van der Waals surface area contributed by atoms with Crippen LogP contribution in [0.25, 0.3) is 65.4 Å². The average molecular weight is 1460 g/mol. The molecule has 0 saturated heterocycles. The number of halogens is 3. The summed E-state index contributed by atoms with van der Waals surface area (Å²) in [5, 5.41) is 7.55. The molecule has 3 aromatic heterocycles. The van der Waals surface area contributed by atoms with Gasteiger partial charge in [0.1, 0.15) is 0 Å². The Balaban J connectivity index is 0.00000320. The summed E-state index contributed by atoms with van der Waals surface area (Å²) in [6.45, 7) is 46.6. The molecule has 0 aliphatic rings. The maximum Gasteiger partial charge on any atom is 1.00 e. The van der Waals surface area contributed by atoms with Crippen LogP contribution in [0.15, 0.2) is 36.4 Å². The number of ether oxygens (including phenoxy) is 1. The Morgan fingerprint density at radius 1 is 0.387 bits per heavy atom. The van der Waals surface area contributed by atoms with E-state index in [1.54, 1.807) is 0 Å². The first-order valence-corrected chi connectivity index (χ1v) is 20.7. The fraction of sp³-hybridized carbons (Fsp3) is 0.571. The van der Waals surface area contributed by atoms with E-state index in [9.17, 15) is 0 Å². The van der Waals surface area contributed by atoms with E-state index in [-0.39, 0.29) is 138 Å². The van der Waals surface area contributed by atoms with Crippen molar-refractivity contribution in [2.45, 2.75) is 172 Å². The van der Waals surface area contributed by atoms with Crippen LogP contribution in [0.5, 0.6) is 0 Å². The molecule has 4 aromatic carbocycles. The Morgan fingerprint density at radius 2 is 0.581 bits per heavy atom. The third-order valence-corrected chi connectivity index (χ3v) is 10.7. The summed E-state index contributed by atoms with van der Waals surface area (Å²) >= 11 is 0. The first-order valence-electron chi connectivity index (χ1n) is 20.7. The summed E-state index contributed by atoms with van der Waals surface area (Å²) in [5.41, 5.74) is 6.32. The van der Waals surface area contributed by atoms with Crippen molar-refractivity contribution < 1.29 is 123 Å². The standard InChI is InChI=1S/C45H60N6.C4H10O.3Au.3ClH/c1-40(2,3)46-25-47(41(4,5)6)35-20-29-28(19-34(35)46)30-21-36-38(50(44(13,14)15)26-48(36)42(7,8)9)23-32(30)33-24-39-37(22-31(29)33)49(43(10,11)12)27-51(39)45(16,17)18;1-3-5-4-2;;;;;;/h19-24H,1-18H3;3-4H2,1-2H3;;;;3*1H/q;;3*+1;;;/p-3. The van der Waals surface area contributed by atoms with Crippen LogP contribution in [0, 0.1) is 19.0 Å². The topological polar surface area (TPSA) is 35.7 Å². The van der Waals surface area contributed by atoms with Crippen LogP contribution >= 0.6 is 0 Å². The SMILES string of the molecule is CC(C)(C)n1[c-][n+](C(C)(C)C)c2cc3c(cc21)c1cc2c(cc1c1cc4c(cc31)n(C(C)(C)C)[c-][n+]4C(C)(C)C)n(C(C)(C)C)[c-][n+]2C(C)(C)C.CCOCC.[Au+].[Au+].[Au+].[Cl-].[Cl-].[Cl-]. The largest absolute Gasteiger partial charge is 1.00 e. The molecule has 0 aliphatic heterocycles. The van der Waals surface area contributed by atoms with Crippen LogP contribution in [0.1, 0.15) is 138 Å². The van der Waals surface area contributed by atoms with Gasteiger partial charge in [0, 0.05) is 46.3 Å². The van der Waals surface area contributed by atoms with E-state index in [1.807, 2.05) is 13.8 Å². The van der Waals surface area contributed by atoms with Gasteiger partial charge in [-0.1, -0.05) is 36.4 Å². The molecule has 0 radical (unpaired) electrons. The minimum absolute atomic E-state index is 0. The zero-order valence-electron chi connectivity index (χ0n) is 40.5. The van der Waals surface area contributed by atoms with Gasteiger partial charge in [-0.3, -0.25) is 0 Å². The first kappa shape index (κ1) is 61.1. The van der Waals surface area contributed by atoms with Crippen molar-refractivity contribution in [3.8, 4) is 0 Å². The van der Waals surface area contributed by atoms with Crippen LogP contribution in [0.3, 0.4) is 0 Å². The molecule has 7 rings (SSSR count). The quantitative estimate of drug-likeness (QED) is 0.113. The zero-order valence-corrected chi connectivity index (χ0v) is 49.3. The minimum Gasteiger partial charge on any atom is -1.00 e. The normalized spacial score (nSPS) is 12.6. The van der Waals surface area contributed by atoms with Gasteiger partial charge in [0.15, 0.2) is 0 Å². The monoisotopic (exact) mass is 1450 g/mol. The molecule has 13 heteroatoms. The Labute approximate surface area is 438 Å². The van der Waals surface area contributed by atoms with Gasteiger partial charge in [0.2, 0.25) is 19.0 Å². The fourth-order valence-electron chi connectivity index (χ4n) is 8.04. The van der Waals surface area contributed by atoms with E-state index in [0.717, 1.165) is 13.2 Å². The fourth-order valence-corrected chi connectivity index (χ4v) is 8.04. The second kappa shape index (κ2) is 20.6. The van der Waals surface area contributed by atoms with Gasteiger partial charge in [-0.15, -0.1) is 0 Å². The number of aromatic nitrogens is 6. The molecule has 0 saturated carbocycles. The van der Waals surface area contributed by atoms with Gasteiger partial charge >= 0.3 is 67.1 Å². The summed E-state index contributed by atoms with van der Waals surface area (Å²) in [6.07, 6.45) is 11.4. The van der Waals surface area contributed by atoms with E-state index in [4.69, 9.17) is 4.74 Å².